The first-order valence-electron chi connectivity index (χ1n) is 5.92. The summed E-state index contributed by atoms with van der Waals surface area (Å²) in [7, 11) is 1.65. The van der Waals surface area contributed by atoms with Crippen molar-refractivity contribution in [2.75, 3.05) is 12.8 Å². The third kappa shape index (κ3) is 2.08. The monoisotopic (exact) mass is 251 g/mol. The van der Waals surface area contributed by atoms with Crippen molar-refractivity contribution in [3.8, 4) is 17.0 Å². The average molecular weight is 251 g/mol. The van der Waals surface area contributed by atoms with Crippen molar-refractivity contribution in [3.05, 3.63) is 48.8 Å². The van der Waals surface area contributed by atoms with Crippen LogP contribution in [0.1, 0.15) is 0 Å². The number of benzene rings is 1. The van der Waals surface area contributed by atoms with E-state index in [-0.39, 0.29) is 0 Å². The third-order valence-corrected chi connectivity index (χ3v) is 3.03. The molecule has 0 atom stereocenters. The minimum absolute atomic E-state index is 0.684. The maximum absolute atomic E-state index is 6.05. The summed E-state index contributed by atoms with van der Waals surface area (Å²) in [6.07, 6.45) is 3.45. The summed E-state index contributed by atoms with van der Waals surface area (Å²) < 4.78 is 5.15. The summed E-state index contributed by atoms with van der Waals surface area (Å²) in [4.78, 5) is 8.66. The zero-order valence-electron chi connectivity index (χ0n) is 10.5. The Morgan fingerprint density at radius 2 is 1.89 bits per heavy atom. The Kier molecular flexibility index (Phi) is 2.76. The van der Waals surface area contributed by atoms with Crippen molar-refractivity contribution in [1.82, 2.24) is 9.97 Å². The number of anilines is 1. The molecule has 0 saturated carbocycles. The summed E-state index contributed by atoms with van der Waals surface area (Å²) in [5, 5.41) is 0.875. The highest BCUT2D eigenvalue weighted by Crippen LogP contribution is 2.26. The van der Waals surface area contributed by atoms with Crippen LogP contribution in [0.4, 0.5) is 5.69 Å². The molecule has 2 N–H and O–H groups in total. The summed E-state index contributed by atoms with van der Waals surface area (Å²) in [6, 6.07) is 11.5. The van der Waals surface area contributed by atoms with Crippen LogP contribution in [0.5, 0.6) is 5.75 Å². The van der Waals surface area contributed by atoms with Gasteiger partial charge in [-0.1, -0.05) is 0 Å². The van der Waals surface area contributed by atoms with Gasteiger partial charge in [-0.2, -0.15) is 0 Å². The molecule has 0 aliphatic rings. The van der Waals surface area contributed by atoms with Gasteiger partial charge in [0.2, 0.25) is 0 Å². The van der Waals surface area contributed by atoms with E-state index in [1.807, 2.05) is 36.4 Å². The number of nitrogens with two attached hydrogens (primary N) is 1. The van der Waals surface area contributed by atoms with Gasteiger partial charge in [-0.25, -0.2) is 4.98 Å². The van der Waals surface area contributed by atoms with Crippen LogP contribution in [0.2, 0.25) is 0 Å². The molecule has 0 bridgehead atoms. The number of fused-ring (bicyclic) bond motifs is 1. The first-order chi connectivity index (χ1) is 9.28. The minimum atomic E-state index is 0.684. The van der Waals surface area contributed by atoms with Crippen molar-refractivity contribution < 1.29 is 4.74 Å². The van der Waals surface area contributed by atoms with E-state index in [0.717, 1.165) is 27.9 Å². The van der Waals surface area contributed by atoms with Gasteiger partial charge in [0, 0.05) is 29.0 Å². The van der Waals surface area contributed by atoms with E-state index in [0.29, 0.717) is 5.69 Å². The fourth-order valence-corrected chi connectivity index (χ4v) is 2.00. The number of hydrogen-bond acceptors (Lipinski definition) is 4. The molecule has 0 unspecified atom stereocenters. The molecule has 0 amide bonds. The number of aromatic nitrogens is 2. The van der Waals surface area contributed by atoms with Gasteiger partial charge in [-0.05, 0) is 36.4 Å². The molecular formula is C15H13N3O. The molecule has 1 aromatic carbocycles. The van der Waals surface area contributed by atoms with Crippen LogP contribution in [0, 0.1) is 0 Å². The molecule has 0 spiro atoms. The molecule has 0 aliphatic heterocycles. The molecule has 2 heterocycles. The number of hydrogen-bond donors (Lipinski definition) is 1. The molecule has 2 aromatic heterocycles. The smallest absolute Gasteiger partial charge is 0.118 e. The van der Waals surface area contributed by atoms with Crippen LogP contribution in [0.25, 0.3) is 22.2 Å². The standard InChI is InChI=1S/C15H13N3O/c1-19-11-4-2-10(3-5-11)15-8-13(16)12-9-17-7-6-14(12)18-15/h2-9H,1H3,(H2,16,18). The first kappa shape index (κ1) is 11.5. The largest absolute Gasteiger partial charge is 0.497 e. The lowest BCUT2D eigenvalue weighted by molar-refractivity contribution is 0.415. The summed E-state index contributed by atoms with van der Waals surface area (Å²) in [5.74, 6) is 0.821. The molecule has 0 radical (unpaired) electrons. The second-order valence-corrected chi connectivity index (χ2v) is 4.22. The quantitative estimate of drug-likeness (QED) is 0.760. The highest BCUT2D eigenvalue weighted by molar-refractivity contribution is 5.91. The Labute approximate surface area is 110 Å². The predicted molar refractivity (Wildman–Crippen MR) is 75.9 cm³/mol. The second-order valence-electron chi connectivity index (χ2n) is 4.22. The zero-order chi connectivity index (χ0) is 13.2. The number of nitrogen functional groups attached to an aromatic ring is 1. The Morgan fingerprint density at radius 1 is 1.11 bits per heavy atom. The number of methoxy groups -OCH3 is 1. The molecule has 3 rings (SSSR count). The van der Waals surface area contributed by atoms with E-state index in [1.54, 1.807) is 19.5 Å². The molecule has 0 aliphatic carbocycles. The van der Waals surface area contributed by atoms with Crippen molar-refractivity contribution in [1.29, 1.82) is 0 Å². The zero-order valence-corrected chi connectivity index (χ0v) is 10.5. The van der Waals surface area contributed by atoms with Crippen LogP contribution in [0.3, 0.4) is 0 Å². The molecule has 4 nitrogen and oxygen atoms in total. The van der Waals surface area contributed by atoms with Gasteiger partial charge in [-0.15, -0.1) is 0 Å². The summed E-state index contributed by atoms with van der Waals surface area (Å²) >= 11 is 0. The lowest BCUT2D eigenvalue weighted by Gasteiger charge is -2.07. The molecular weight excluding hydrogens is 238 g/mol. The summed E-state index contributed by atoms with van der Waals surface area (Å²) in [5.41, 5.74) is 9.43. The highest BCUT2D eigenvalue weighted by atomic mass is 16.5. The Bertz CT molecular complexity index is 723. The predicted octanol–water partition coefficient (Wildman–Crippen LogP) is 2.89. The Hall–Kier alpha value is -2.62. The maximum atomic E-state index is 6.05. The van der Waals surface area contributed by atoms with E-state index in [4.69, 9.17) is 10.5 Å². The molecule has 94 valence electrons. The number of nitrogens with zero attached hydrogens (tertiary/aromatic N) is 2. The van der Waals surface area contributed by atoms with Gasteiger partial charge < -0.3 is 10.5 Å². The number of ether oxygens (including phenoxy) is 1. The molecule has 19 heavy (non-hydrogen) atoms. The SMILES string of the molecule is COc1ccc(-c2cc(N)c3cnccc3n2)cc1. The fraction of sp³-hybridized carbons (Fsp3) is 0.0667. The van der Waals surface area contributed by atoms with Crippen LogP contribution < -0.4 is 10.5 Å². The van der Waals surface area contributed by atoms with Crippen molar-refractivity contribution in [2.24, 2.45) is 0 Å². The fourth-order valence-electron chi connectivity index (χ4n) is 2.00. The average Bonchev–Trinajstić information content (AvgIpc) is 2.47. The molecule has 3 aromatic rings. The molecule has 4 heteroatoms. The van der Waals surface area contributed by atoms with Gasteiger partial charge in [0.25, 0.3) is 0 Å². The van der Waals surface area contributed by atoms with Gasteiger partial charge in [-0.3, -0.25) is 4.98 Å². The van der Waals surface area contributed by atoms with Crippen LogP contribution >= 0.6 is 0 Å². The van der Waals surface area contributed by atoms with Crippen LogP contribution in [0.15, 0.2) is 48.8 Å². The van der Waals surface area contributed by atoms with Gasteiger partial charge in [0.15, 0.2) is 0 Å². The molecule has 0 fully saturated rings. The number of pyridine rings is 2. The summed E-state index contributed by atoms with van der Waals surface area (Å²) in [6.45, 7) is 0. The van der Waals surface area contributed by atoms with Crippen LogP contribution in [-0.4, -0.2) is 17.1 Å². The van der Waals surface area contributed by atoms with Gasteiger partial charge >= 0.3 is 0 Å². The number of rotatable bonds is 2. The lowest BCUT2D eigenvalue weighted by Crippen LogP contribution is -1.93. The van der Waals surface area contributed by atoms with E-state index in [1.165, 1.54) is 0 Å². The Balaban J connectivity index is 2.14. The van der Waals surface area contributed by atoms with Crippen molar-refractivity contribution in [3.63, 3.8) is 0 Å². The second kappa shape index (κ2) is 4.57. The molecule has 0 saturated heterocycles. The maximum Gasteiger partial charge on any atom is 0.118 e. The minimum Gasteiger partial charge on any atom is -0.497 e. The van der Waals surface area contributed by atoms with E-state index in [2.05, 4.69) is 9.97 Å². The van der Waals surface area contributed by atoms with E-state index in [9.17, 15) is 0 Å². The first-order valence-corrected chi connectivity index (χ1v) is 5.92. The highest BCUT2D eigenvalue weighted by Gasteiger charge is 2.05. The van der Waals surface area contributed by atoms with Gasteiger partial charge in [0.1, 0.15) is 5.75 Å². The lowest BCUT2D eigenvalue weighted by atomic mass is 10.1. The van der Waals surface area contributed by atoms with Crippen LogP contribution in [-0.2, 0) is 0 Å². The Morgan fingerprint density at radius 3 is 2.63 bits per heavy atom. The normalized spacial score (nSPS) is 10.6. The van der Waals surface area contributed by atoms with E-state index >= 15 is 0 Å². The third-order valence-electron chi connectivity index (χ3n) is 3.03. The van der Waals surface area contributed by atoms with Crippen molar-refractivity contribution in [2.45, 2.75) is 0 Å². The van der Waals surface area contributed by atoms with E-state index < -0.39 is 0 Å². The van der Waals surface area contributed by atoms with Gasteiger partial charge in [0.05, 0.1) is 18.3 Å². The topological polar surface area (TPSA) is 61.0 Å². The van der Waals surface area contributed by atoms with Crippen molar-refractivity contribution >= 4 is 16.6 Å².